The third-order valence-corrected chi connectivity index (χ3v) is 3.80. The van der Waals surface area contributed by atoms with Crippen LogP contribution in [0.3, 0.4) is 0 Å². The van der Waals surface area contributed by atoms with Gasteiger partial charge in [0.2, 0.25) is 0 Å². The Morgan fingerprint density at radius 2 is 1.90 bits per heavy atom. The number of pyridine rings is 2. The van der Waals surface area contributed by atoms with Crippen LogP contribution in [0.4, 0.5) is 4.39 Å². The summed E-state index contributed by atoms with van der Waals surface area (Å²) in [6.45, 7) is 0. The second-order valence-electron chi connectivity index (χ2n) is 4.15. The van der Waals surface area contributed by atoms with E-state index in [4.69, 9.17) is 11.6 Å². The molecule has 0 aliphatic carbocycles. The van der Waals surface area contributed by atoms with Crippen molar-refractivity contribution in [3.63, 3.8) is 0 Å². The van der Waals surface area contributed by atoms with Crippen molar-refractivity contribution in [2.45, 2.75) is 0 Å². The molecule has 3 nitrogen and oxygen atoms in total. The zero-order chi connectivity index (χ0) is 14.3. The summed E-state index contributed by atoms with van der Waals surface area (Å²) < 4.78 is 15.0. The normalized spacial score (nSPS) is 10.9. The molecule has 100 valence electrons. The van der Waals surface area contributed by atoms with Crippen LogP contribution in [-0.4, -0.2) is 9.55 Å². The maximum atomic E-state index is 13.0. The molecule has 0 saturated heterocycles. The van der Waals surface area contributed by atoms with E-state index in [1.807, 2.05) is 0 Å². The van der Waals surface area contributed by atoms with Crippen molar-refractivity contribution in [2.24, 2.45) is 0 Å². The van der Waals surface area contributed by atoms with Gasteiger partial charge in [0.15, 0.2) is 0 Å². The molecule has 2 aromatic heterocycles. The fourth-order valence-corrected chi connectivity index (χ4v) is 2.87. The second-order valence-corrected chi connectivity index (χ2v) is 5.32. The van der Waals surface area contributed by atoms with Gasteiger partial charge in [0, 0.05) is 11.9 Å². The number of hydrogen-bond acceptors (Lipinski definition) is 2. The van der Waals surface area contributed by atoms with Gasteiger partial charge in [-0.3, -0.25) is 9.36 Å². The highest BCUT2D eigenvalue weighted by Crippen LogP contribution is 2.23. The van der Waals surface area contributed by atoms with Crippen molar-refractivity contribution in [2.75, 3.05) is 0 Å². The quantitative estimate of drug-likeness (QED) is 0.621. The summed E-state index contributed by atoms with van der Waals surface area (Å²) in [5, 5.41) is 1.18. The number of benzene rings is 1. The lowest BCUT2D eigenvalue weighted by molar-refractivity contribution is 0.627. The van der Waals surface area contributed by atoms with E-state index in [0.29, 0.717) is 21.1 Å². The zero-order valence-electron chi connectivity index (χ0n) is 9.98. The molecule has 2 heterocycles. The highest BCUT2D eigenvalue weighted by Gasteiger charge is 2.12. The number of fused-ring (bicyclic) bond motifs is 1. The topological polar surface area (TPSA) is 34.9 Å². The van der Waals surface area contributed by atoms with E-state index in [9.17, 15) is 9.18 Å². The first-order valence-electron chi connectivity index (χ1n) is 5.69. The average Bonchev–Trinajstić information content (AvgIpc) is 2.40. The number of halogens is 3. The van der Waals surface area contributed by atoms with Gasteiger partial charge in [0.25, 0.3) is 5.56 Å². The molecule has 3 aromatic rings. The molecule has 0 fully saturated rings. The van der Waals surface area contributed by atoms with Gasteiger partial charge in [0.05, 0.1) is 9.99 Å². The van der Waals surface area contributed by atoms with Crippen molar-refractivity contribution in [3.8, 4) is 5.69 Å². The fourth-order valence-electron chi connectivity index (χ4n) is 2.01. The van der Waals surface area contributed by atoms with Gasteiger partial charge in [-0.05, 0) is 57.7 Å². The highest BCUT2D eigenvalue weighted by atomic mass is 79.9. The average molecular weight is 354 g/mol. The lowest BCUT2D eigenvalue weighted by Gasteiger charge is -2.10. The molecule has 1 aromatic carbocycles. The summed E-state index contributed by atoms with van der Waals surface area (Å²) in [6.07, 6.45) is 1.54. The van der Waals surface area contributed by atoms with E-state index in [0.717, 1.165) is 0 Å². The van der Waals surface area contributed by atoms with Crippen LogP contribution in [0.15, 0.2) is 52.0 Å². The van der Waals surface area contributed by atoms with E-state index in [2.05, 4.69) is 20.9 Å². The Hall–Kier alpha value is -1.72. The summed E-state index contributed by atoms with van der Waals surface area (Å²) in [6, 6.07) is 9.12. The Morgan fingerprint density at radius 3 is 2.60 bits per heavy atom. The van der Waals surface area contributed by atoms with Gasteiger partial charge >= 0.3 is 0 Å². The molecular formula is C14H7BrClFN2O. The van der Waals surface area contributed by atoms with Gasteiger partial charge in [-0.2, -0.15) is 0 Å². The molecule has 0 unspecified atom stereocenters. The molecule has 0 saturated carbocycles. The number of hydrogen-bond donors (Lipinski definition) is 0. The first kappa shape index (κ1) is 13.3. The largest absolute Gasteiger partial charge is 0.270 e. The Balaban J connectivity index is 2.39. The van der Waals surface area contributed by atoms with Gasteiger partial charge in [-0.15, -0.1) is 0 Å². The molecule has 0 N–H and O–H groups in total. The number of aromatic nitrogens is 2. The molecular weight excluding hydrogens is 347 g/mol. The van der Waals surface area contributed by atoms with E-state index >= 15 is 0 Å². The van der Waals surface area contributed by atoms with Crippen LogP contribution in [0.1, 0.15) is 0 Å². The van der Waals surface area contributed by atoms with E-state index in [1.54, 1.807) is 18.3 Å². The third kappa shape index (κ3) is 2.13. The fraction of sp³-hybridized carbons (Fsp3) is 0. The number of rotatable bonds is 1. The predicted molar refractivity (Wildman–Crippen MR) is 80.0 cm³/mol. The highest BCUT2D eigenvalue weighted by molar-refractivity contribution is 9.10. The van der Waals surface area contributed by atoms with E-state index < -0.39 is 0 Å². The van der Waals surface area contributed by atoms with Crippen molar-refractivity contribution in [1.29, 1.82) is 0 Å². The van der Waals surface area contributed by atoms with Crippen LogP contribution in [-0.2, 0) is 0 Å². The zero-order valence-corrected chi connectivity index (χ0v) is 12.3. The molecule has 0 amide bonds. The summed E-state index contributed by atoms with van der Waals surface area (Å²) in [4.78, 5) is 16.5. The molecule has 3 rings (SSSR count). The standard InChI is InChI=1S/C14H7BrClFN2O/c15-11-7-8-5-6-18-13(16)12(8)14(20)19(11)10-3-1-9(17)2-4-10/h1-7H. The van der Waals surface area contributed by atoms with Gasteiger partial charge in [-0.1, -0.05) is 11.6 Å². The number of nitrogens with zero attached hydrogens (tertiary/aromatic N) is 2. The lowest BCUT2D eigenvalue weighted by Crippen LogP contribution is -2.19. The van der Waals surface area contributed by atoms with Crippen molar-refractivity contribution in [1.82, 2.24) is 9.55 Å². The molecule has 0 bridgehead atoms. The third-order valence-electron chi connectivity index (χ3n) is 2.93. The van der Waals surface area contributed by atoms with Crippen LogP contribution < -0.4 is 5.56 Å². The van der Waals surface area contributed by atoms with Crippen molar-refractivity contribution < 1.29 is 4.39 Å². The Bertz CT molecular complexity index is 861. The maximum absolute atomic E-state index is 13.0. The van der Waals surface area contributed by atoms with E-state index in [-0.39, 0.29) is 16.5 Å². The van der Waals surface area contributed by atoms with Crippen molar-refractivity contribution in [3.05, 3.63) is 68.5 Å². The van der Waals surface area contributed by atoms with Crippen LogP contribution in [0, 0.1) is 5.82 Å². The smallest absolute Gasteiger partial charge is 0.266 e. The summed E-state index contributed by atoms with van der Waals surface area (Å²) >= 11 is 9.35. The minimum atomic E-state index is -0.363. The molecule has 0 radical (unpaired) electrons. The maximum Gasteiger partial charge on any atom is 0.266 e. The van der Waals surface area contributed by atoms with Crippen LogP contribution in [0.25, 0.3) is 16.5 Å². The summed E-state index contributed by atoms with van der Waals surface area (Å²) in [7, 11) is 0. The molecule has 0 aliphatic heterocycles. The molecule has 0 aliphatic rings. The van der Waals surface area contributed by atoms with Gasteiger partial charge in [0.1, 0.15) is 11.0 Å². The second kappa shape index (κ2) is 5.00. The minimum absolute atomic E-state index is 0.149. The monoisotopic (exact) mass is 352 g/mol. The molecule has 0 atom stereocenters. The summed E-state index contributed by atoms with van der Waals surface area (Å²) in [5.74, 6) is -0.363. The van der Waals surface area contributed by atoms with Gasteiger partial charge < -0.3 is 0 Å². The molecule has 6 heteroatoms. The van der Waals surface area contributed by atoms with Crippen LogP contribution >= 0.6 is 27.5 Å². The van der Waals surface area contributed by atoms with Crippen LogP contribution in [0.5, 0.6) is 0 Å². The van der Waals surface area contributed by atoms with Gasteiger partial charge in [-0.25, -0.2) is 9.37 Å². The first-order chi connectivity index (χ1) is 9.58. The molecule has 0 spiro atoms. The van der Waals surface area contributed by atoms with Crippen LogP contribution in [0.2, 0.25) is 5.15 Å². The van der Waals surface area contributed by atoms with E-state index in [1.165, 1.54) is 28.8 Å². The minimum Gasteiger partial charge on any atom is -0.270 e. The predicted octanol–water partition coefficient (Wildman–Crippen LogP) is 3.94. The Morgan fingerprint density at radius 1 is 1.20 bits per heavy atom. The Kier molecular flexibility index (Phi) is 3.31. The summed E-state index contributed by atoms with van der Waals surface area (Å²) in [5.41, 5.74) is 0.240. The molecule has 20 heavy (non-hydrogen) atoms. The SMILES string of the molecule is O=c1c2c(Cl)nccc2cc(Br)n1-c1ccc(F)cc1. The Labute approximate surface area is 126 Å². The lowest BCUT2D eigenvalue weighted by atomic mass is 10.2. The first-order valence-corrected chi connectivity index (χ1v) is 6.87. The van der Waals surface area contributed by atoms with Crippen molar-refractivity contribution >= 4 is 38.3 Å².